The molecule has 0 aliphatic carbocycles. The fraction of sp³-hybridized carbons (Fsp3) is 0.438. The van der Waals surface area contributed by atoms with Crippen LogP contribution in [-0.4, -0.2) is 41.3 Å². The fourth-order valence-electron chi connectivity index (χ4n) is 2.09. The average molecular weight is 306 g/mol. The van der Waals surface area contributed by atoms with Crippen molar-refractivity contribution in [1.82, 2.24) is 9.88 Å². The lowest BCUT2D eigenvalue weighted by Gasteiger charge is -2.20. The van der Waals surface area contributed by atoms with Crippen molar-refractivity contribution >= 4 is 11.3 Å². The van der Waals surface area contributed by atoms with Crippen molar-refractivity contribution in [2.75, 3.05) is 20.2 Å². The lowest BCUT2D eigenvalue weighted by Crippen LogP contribution is -2.31. The Hall–Kier alpha value is -1.27. The van der Waals surface area contributed by atoms with Gasteiger partial charge in [-0.05, 0) is 19.5 Å². The first-order valence-electron chi connectivity index (χ1n) is 7.02. The van der Waals surface area contributed by atoms with Crippen LogP contribution < -0.4 is 0 Å². The van der Waals surface area contributed by atoms with Crippen molar-refractivity contribution in [1.29, 1.82) is 0 Å². The van der Waals surface area contributed by atoms with Gasteiger partial charge in [0.25, 0.3) is 0 Å². The zero-order chi connectivity index (χ0) is 15.1. The summed E-state index contributed by atoms with van der Waals surface area (Å²) in [6.45, 7) is 4.30. The lowest BCUT2D eigenvalue weighted by molar-refractivity contribution is 0.0128. The Kier molecular flexibility index (Phi) is 6.32. The van der Waals surface area contributed by atoms with Gasteiger partial charge in [-0.25, -0.2) is 4.98 Å². The molecule has 1 aromatic carbocycles. The molecule has 1 heterocycles. The van der Waals surface area contributed by atoms with E-state index in [1.807, 2.05) is 49.8 Å². The molecule has 1 aromatic heterocycles. The molecule has 0 radical (unpaired) electrons. The molecule has 21 heavy (non-hydrogen) atoms. The third-order valence-corrected chi connectivity index (χ3v) is 4.12. The molecule has 4 nitrogen and oxygen atoms in total. The SMILES string of the molecule is Cc1ncsc1CN(C)CC(O)COCc1ccccc1. The number of aliphatic hydroxyl groups excluding tert-OH is 1. The van der Waals surface area contributed by atoms with Gasteiger partial charge in [-0.3, -0.25) is 4.90 Å². The molecule has 0 aliphatic heterocycles. The zero-order valence-electron chi connectivity index (χ0n) is 12.5. The van der Waals surface area contributed by atoms with Crippen LogP contribution >= 0.6 is 11.3 Å². The van der Waals surface area contributed by atoms with Crippen molar-refractivity contribution in [3.8, 4) is 0 Å². The Labute approximate surface area is 130 Å². The van der Waals surface area contributed by atoms with Crippen molar-refractivity contribution in [2.45, 2.75) is 26.2 Å². The smallest absolute Gasteiger partial charge is 0.0900 e. The molecule has 1 N–H and O–H groups in total. The number of aryl methyl sites for hydroxylation is 1. The van der Waals surface area contributed by atoms with Crippen LogP contribution in [0.5, 0.6) is 0 Å². The van der Waals surface area contributed by atoms with Gasteiger partial charge >= 0.3 is 0 Å². The van der Waals surface area contributed by atoms with Gasteiger partial charge in [0.1, 0.15) is 0 Å². The summed E-state index contributed by atoms with van der Waals surface area (Å²) < 4.78 is 5.55. The van der Waals surface area contributed by atoms with E-state index >= 15 is 0 Å². The number of aromatic nitrogens is 1. The Balaban J connectivity index is 1.67. The van der Waals surface area contributed by atoms with Crippen molar-refractivity contribution < 1.29 is 9.84 Å². The van der Waals surface area contributed by atoms with Gasteiger partial charge in [-0.2, -0.15) is 0 Å². The van der Waals surface area contributed by atoms with Crippen LogP contribution in [0.3, 0.4) is 0 Å². The molecule has 0 saturated carbocycles. The summed E-state index contributed by atoms with van der Waals surface area (Å²) in [5, 5.41) is 10.0. The fourth-order valence-corrected chi connectivity index (χ4v) is 2.94. The van der Waals surface area contributed by atoms with Gasteiger partial charge in [0.2, 0.25) is 0 Å². The summed E-state index contributed by atoms with van der Waals surface area (Å²) in [4.78, 5) is 7.58. The second-order valence-electron chi connectivity index (χ2n) is 5.21. The number of rotatable bonds is 8. The van der Waals surface area contributed by atoms with E-state index in [1.165, 1.54) is 4.88 Å². The molecular formula is C16H22N2O2S. The van der Waals surface area contributed by atoms with Crippen LogP contribution in [0.4, 0.5) is 0 Å². The maximum Gasteiger partial charge on any atom is 0.0900 e. The minimum absolute atomic E-state index is 0.348. The van der Waals surface area contributed by atoms with Crippen LogP contribution in [0.25, 0.3) is 0 Å². The third kappa shape index (κ3) is 5.55. The minimum atomic E-state index is -0.480. The highest BCUT2D eigenvalue weighted by atomic mass is 32.1. The first kappa shape index (κ1) is 16.1. The van der Waals surface area contributed by atoms with Gasteiger partial charge in [0, 0.05) is 18.0 Å². The van der Waals surface area contributed by atoms with E-state index in [1.54, 1.807) is 11.3 Å². The van der Waals surface area contributed by atoms with Crippen LogP contribution in [-0.2, 0) is 17.9 Å². The summed E-state index contributed by atoms with van der Waals surface area (Å²) in [5.41, 5.74) is 4.05. The summed E-state index contributed by atoms with van der Waals surface area (Å²) >= 11 is 1.65. The molecule has 0 fully saturated rings. The van der Waals surface area contributed by atoms with E-state index < -0.39 is 6.10 Å². The highest BCUT2D eigenvalue weighted by Gasteiger charge is 2.11. The van der Waals surface area contributed by atoms with Crippen molar-refractivity contribution in [3.63, 3.8) is 0 Å². The molecular weight excluding hydrogens is 284 g/mol. The Morgan fingerprint density at radius 2 is 2.10 bits per heavy atom. The van der Waals surface area contributed by atoms with E-state index in [0.717, 1.165) is 17.8 Å². The quantitative estimate of drug-likeness (QED) is 0.814. The zero-order valence-corrected chi connectivity index (χ0v) is 13.3. The molecule has 1 atom stereocenters. The van der Waals surface area contributed by atoms with Gasteiger partial charge < -0.3 is 9.84 Å². The largest absolute Gasteiger partial charge is 0.389 e. The summed E-state index contributed by atoms with van der Waals surface area (Å²) in [5.74, 6) is 0. The number of aliphatic hydroxyl groups is 1. The van der Waals surface area contributed by atoms with E-state index in [0.29, 0.717) is 19.8 Å². The predicted molar refractivity (Wildman–Crippen MR) is 85.3 cm³/mol. The second-order valence-corrected chi connectivity index (χ2v) is 6.15. The normalized spacial score (nSPS) is 12.8. The molecule has 5 heteroatoms. The average Bonchev–Trinajstić information content (AvgIpc) is 2.85. The molecule has 114 valence electrons. The molecule has 2 rings (SSSR count). The van der Waals surface area contributed by atoms with E-state index in [-0.39, 0.29) is 0 Å². The van der Waals surface area contributed by atoms with Crippen LogP contribution in [0.2, 0.25) is 0 Å². The highest BCUT2D eigenvalue weighted by Crippen LogP contribution is 2.14. The molecule has 0 spiro atoms. The molecule has 2 aromatic rings. The summed E-state index contributed by atoms with van der Waals surface area (Å²) in [7, 11) is 2.00. The Morgan fingerprint density at radius 3 is 2.76 bits per heavy atom. The monoisotopic (exact) mass is 306 g/mol. The second kappa shape index (κ2) is 8.24. The standard InChI is InChI=1S/C16H22N2O2S/c1-13-16(21-12-17-13)9-18(2)8-15(19)11-20-10-14-6-4-3-5-7-14/h3-7,12,15,19H,8-11H2,1-2H3. The number of nitrogens with zero attached hydrogens (tertiary/aromatic N) is 2. The molecule has 0 saturated heterocycles. The van der Waals surface area contributed by atoms with Gasteiger partial charge in [-0.1, -0.05) is 30.3 Å². The predicted octanol–water partition coefficient (Wildman–Crippen LogP) is 2.46. The first-order valence-corrected chi connectivity index (χ1v) is 7.90. The number of likely N-dealkylation sites (N-methyl/N-ethyl adjacent to an activating group) is 1. The number of ether oxygens (including phenoxy) is 1. The summed E-state index contributed by atoms with van der Waals surface area (Å²) in [6, 6.07) is 9.99. The maximum atomic E-state index is 10.0. The van der Waals surface area contributed by atoms with Crippen LogP contribution in [0.15, 0.2) is 35.8 Å². The van der Waals surface area contributed by atoms with Crippen molar-refractivity contribution in [2.24, 2.45) is 0 Å². The number of thiazole rings is 1. The van der Waals surface area contributed by atoms with Gasteiger partial charge in [-0.15, -0.1) is 11.3 Å². The maximum absolute atomic E-state index is 10.0. The molecule has 0 bridgehead atoms. The van der Waals surface area contributed by atoms with E-state index in [4.69, 9.17) is 4.74 Å². The van der Waals surface area contributed by atoms with E-state index in [9.17, 15) is 5.11 Å². The first-order chi connectivity index (χ1) is 10.1. The van der Waals surface area contributed by atoms with E-state index in [2.05, 4.69) is 9.88 Å². The Bertz CT molecular complexity index is 530. The topological polar surface area (TPSA) is 45.6 Å². The van der Waals surface area contributed by atoms with Crippen molar-refractivity contribution in [3.05, 3.63) is 52.0 Å². The third-order valence-electron chi connectivity index (χ3n) is 3.20. The number of benzene rings is 1. The Morgan fingerprint density at radius 1 is 1.33 bits per heavy atom. The van der Waals surface area contributed by atoms with Crippen LogP contribution in [0.1, 0.15) is 16.1 Å². The lowest BCUT2D eigenvalue weighted by atomic mass is 10.2. The van der Waals surface area contributed by atoms with Gasteiger partial charge in [0.15, 0.2) is 0 Å². The summed E-state index contributed by atoms with van der Waals surface area (Å²) in [6.07, 6.45) is -0.480. The highest BCUT2D eigenvalue weighted by molar-refractivity contribution is 7.09. The number of hydrogen-bond acceptors (Lipinski definition) is 5. The molecule has 0 aliphatic rings. The molecule has 0 amide bonds. The minimum Gasteiger partial charge on any atom is -0.389 e. The van der Waals surface area contributed by atoms with Gasteiger partial charge in [0.05, 0.1) is 30.5 Å². The number of hydrogen-bond donors (Lipinski definition) is 1. The molecule has 1 unspecified atom stereocenters. The van der Waals surface area contributed by atoms with Crippen LogP contribution in [0, 0.1) is 6.92 Å².